The second-order valence-electron chi connectivity index (χ2n) is 4.15. The van der Waals surface area contributed by atoms with Crippen molar-refractivity contribution in [3.05, 3.63) is 29.8 Å². The first-order valence-corrected chi connectivity index (χ1v) is 7.00. The molecule has 21 heavy (non-hydrogen) atoms. The molecular weight excluding hydrogens is 292 g/mol. The maximum absolute atomic E-state index is 11.9. The van der Waals surface area contributed by atoms with Crippen LogP contribution in [-0.4, -0.2) is 49.6 Å². The molecule has 3 N–H and O–H groups in total. The van der Waals surface area contributed by atoms with E-state index >= 15 is 0 Å². The first kappa shape index (κ1) is 17.4. The lowest BCUT2D eigenvalue weighted by Gasteiger charge is -2.09. The SMILES string of the molecule is COCCOc1ccc(C(=O)NC(=S)NCCCO)cc1. The smallest absolute Gasteiger partial charge is 0.257 e. The van der Waals surface area contributed by atoms with Crippen LogP contribution in [0.15, 0.2) is 24.3 Å². The maximum Gasteiger partial charge on any atom is 0.257 e. The molecule has 1 amide bonds. The van der Waals surface area contributed by atoms with E-state index in [1.54, 1.807) is 31.4 Å². The zero-order valence-corrected chi connectivity index (χ0v) is 12.7. The van der Waals surface area contributed by atoms with Crippen LogP contribution in [0.5, 0.6) is 5.75 Å². The van der Waals surface area contributed by atoms with Crippen molar-refractivity contribution >= 4 is 23.2 Å². The molecule has 0 fully saturated rings. The Morgan fingerprint density at radius 3 is 2.62 bits per heavy atom. The van der Waals surface area contributed by atoms with Crippen LogP contribution < -0.4 is 15.4 Å². The van der Waals surface area contributed by atoms with Crippen LogP contribution in [0.4, 0.5) is 0 Å². The Balaban J connectivity index is 2.41. The summed E-state index contributed by atoms with van der Waals surface area (Å²) in [4.78, 5) is 11.9. The van der Waals surface area contributed by atoms with E-state index in [1.807, 2.05) is 0 Å². The Hall–Kier alpha value is -1.70. The Bertz CT molecular complexity index is 451. The lowest BCUT2D eigenvalue weighted by Crippen LogP contribution is -2.39. The number of thiocarbonyl (C=S) groups is 1. The number of methoxy groups -OCH3 is 1. The van der Waals surface area contributed by atoms with Gasteiger partial charge in [0, 0.05) is 25.8 Å². The monoisotopic (exact) mass is 312 g/mol. The van der Waals surface area contributed by atoms with E-state index in [0.29, 0.717) is 37.5 Å². The zero-order chi connectivity index (χ0) is 15.5. The van der Waals surface area contributed by atoms with E-state index in [-0.39, 0.29) is 17.6 Å². The van der Waals surface area contributed by atoms with Gasteiger partial charge in [0.15, 0.2) is 5.11 Å². The Labute approximate surface area is 129 Å². The van der Waals surface area contributed by atoms with Gasteiger partial charge in [0.25, 0.3) is 5.91 Å². The minimum Gasteiger partial charge on any atom is -0.491 e. The van der Waals surface area contributed by atoms with Crippen molar-refractivity contribution in [1.82, 2.24) is 10.6 Å². The molecule has 1 aromatic carbocycles. The maximum atomic E-state index is 11.9. The third kappa shape index (κ3) is 7.03. The third-order valence-electron chi connectivity index (χ3n) is 2.52. The predicted octanol–water partition coefficient (Wildman–Crippen LogP) is 0.699. The Morgan fingerprint density at radius 2 is 2.00 bits per heavy atom. The molecular formula is C14H20N2O4S. The molecule has 0 radical (unpaired) electrons. The number of ether oxygens (including phenoxy) is 2. The van der Waals surface area contributed by atoms with Crippen molar-refractivity contribution in [3.63, 3.8) is 0 Å². The van der Waals surface area contributed by atoms with Crippen LogP contribution in [0.2, 0.25) is 0 Å². The van der Waals surface area contributed by atoms with Crippen molar-refractivity contribution in [2.45, 2.75) is 6.42 Å². The fourth-order valence-electron chi connectivity index (χ4n) is 1.45. The normalized spacial score (nSPS) is 10.0. The van der Waals surface area contributed by atoms with E-state index in [1.165, 1.54) is 0 Å². The number of benzene rings is 1. The summed E-state index contributed by atoms with van der Waals surface area (Å²) in [5.74, 6) is 0.382. The highest BCUT2D eigenvalue weighted by molar-refractivity contribution is 7.80. The van der Waals surface area contributed by atoms with Gasteiger partial charge in [-0.1, -0.05) is 0 Å². The van der Waals surface area contributed by atoms with Crippen molar-refractivity contribution in [2.75, 3.05) is 33.5 Å². The van der Waals surface area contributed by atoms with Gasteiger partial charge in [0.05, 0.1) is 6.61 Å². The number of hydrogen-bond donors (Lipinski definition) is 3. The molecule has 0 bridgehead atoms. The van der Waals surface area contributed by atoms with Crippen LogP contribution in [0.25, 0.3) is 0 Å². The lowest BCUT2D eigenvalue weighted by molar-refractivity contribution is 0.0976. The zero-order valence-electron chi connectivity index (χ0n) is 11.9. The molecule has 116 valence electrons. The average Bonchev–Trinajstić information content (AvgIpc) is 2.48. The lowest BCUT2D eigenvalue weighted by atomic mass is 10.2. The van der Waals surface area contributed by atoms with E-state index in [2.05, 4.69) is 10.6 Å². The van der Waals surface area contributed by atoms with Gasteiger partial charge < -0.3 is 19.9 Å². The van der Waals surface area contributed by atoms with E-state index < -0.39 is 0 Å². The number of amides is 1. The van der Waals surface area contributed by atoms with Crippen molar-refractivity contribution in [1.29, 1.82) is 0 Å². The highest BCUT2D eigenvalue weighted by Crippen LogP contribution is 2.12. The van der Waals surface area contributed by atoms with Crippen LogP contribution >= 0.6 is 12.2 Å². The molecule has 0 aromatic heterocycles. The summed E-state index contributed by atoms with van der Waals surface area (Å²) in [6, 6.07) is 6.75. The molecule has 0 atom stereocenters. The molecule has 1 aromatic rings. The molecule has 6 nitrogen and oxygen atoms in total. The van der Waals surface area contributed by atoms with Crippen molar-refractivity contribution < 1.29 is 19.4 Å². The van der Waals surface area contributed by atoms with Gasteiger partial charge >= 0.3 is 0 Å². The predicted molar refractivity (Wildman–Crippen MR) is 83.6 cm³/mol. The summed E-state index contributed by atoms with van der Waals surface area (Å²) in [6.07, 6.45) is 0.573. The highest BCUT2D eigenvalue weighted by atomic mass is 32.1. The number of hydrogen-bond acceptors (Lipinski definition) is 5. The minimum absolute atomic E-state index is 0.0775. The number of nitrogens with one attached hydrogen (secondary N) is 2. The van der Waals surface area contributed by atoms with E-state index in [0.717, 1.165) is 0 Å². The quantitative estimate of drug-likeness (QED) is 0.484. The van der Waals surface area contributed by atoms with Gasteiger partial charge in [-0.2, -0.15) is 0 Å². The summed E-state index contributed by atoms with van der Waals surface area (Å²) in [6.45, 7) is 1.56. The van der Waals surface area contributed by atoms with Crippen LogP contribution in [0.3, 0.4) is 0 Å². The van der Waals surface area contributed by atoms with Crippen LogP contribution in [0.1, 0.15) is 16.8 Å². The Kier molecular flexibility index (Phi) is 8.34. The standard InChI is InChI=1S/C14H20N2O4S/c1-19-9-10-20-12-5-3-11(4-6-12)13(18)16-14(21)15-7-2-8-17/h3-6,17H,2,7-10H2,1H3,(H2,15,16,18,21). The fraction of sp³-hybridized carbons (Fsp3) is 0.429. The molecule has 0 saturated carbocycles. The summed E-state index contributed by atoms with van der Waals surface area (Å²) in [5.41, 5.74) is 0.486. The molecule has 0 aliphatic carbocycles. The number of aliphatic hydroxyl groups excluding tert-OH is 1. The highest BCUT2D eigenvalue weighted by Gasteiger charge is 2.07. The largest absolute Gasteiger partial charge is 0.491 e. The molecule has 1 rings (SSSR count). The summed E-state index contributed by atoms with van der Waals surface area (Å²) in [5, 5.41) is 14.3. The molecule has 0 aliphatic heterocycles. The molecule has 0 spiro atoms. The van der Waals surface area contributed by atoms with Gasteiger partial charge in [-0.25, -0.2) is 0 Å². The molecule has 7 heteroatoms. The summed E-state index contributed by atoms with van der Waals surface area (Å²) >= 11 is 4.98. The van der Waals surface area contributed by atoms with Gasteiger partial charge in [0.2, 0.25) is 0 Å². The van der Waals surface area contributed by atoms with Gasteiger partial charge in [-0.3, -0.25) is 10.1 Å². The number of rotatable bonds is 8. The summed E-state index contributed by atoms with van der Waals surface area (Å²) in [7, 11) is 1.61. The first-order valence-electron chi connectivity index (χ1n) is 6.59. The Morgan fingerprint density at radius 1 is 1.29 bits per heavy atom. The molecule has 0 saturated heterocycles. The average molecular weight is 312 g/mol. The van der Waals surface area contributed by atoms with Crippen molar-refractivity contribution in [3.8, 4) is 5.75 Å². The number of carbonyl (C=O) groups is 1. The van der Waals surface area contributed by atoms with Crippen LogP contribution in [-0.2, 0) is 4.74 Å². The number of aliphatic hydroxyl groups is 1. The minimum atomic E-state index is -0.292. The second-order valence-corrected chi connectivity index (χ2v) is 4.56. The molecule has 0 unspecified atom stereocenters. The van der Waals surface area contributed by atoms with Crippen LogP contribution in [0, 0.1) is 0 Å². The van der Waals surface area contributed by atoms with Gasteiger partial charge in [-0.15, -0.1) is 0 Å². The van der Waals surface area contributed by atoms with Gasteiger partial charge in [0.1, 0.15) is 12.4 Å². The molecule has 0 aliphatic rings. The number of carbonyl (C=O) groups excluding carboxylic acids is 1. The van der Waals surface area contributed by atoms with E-state index in [9.17, 15) is 4.79 Å². The van der Waals surface area contributed by atoms with E-state index in [4.69, 9.17) is 26.8 Å². The summed E-state index contributed by atoms with van der Waals surface area (Å²) < 4.78 is 10.3. The second kappa shape index (κ2) is 10.1. The topological polar surface area (TPSA) is 79.8 Å². The van der Waals surface area contributed by atoms with Crippen molar-refractivity contribution in [2.24, 2.45) is 0 Å². The van der Waals surface area contributed by atoms with Gasteiger partial charge in [-0.05, 0) is 42.9 Å². The first-order chi connectivity index (χ1) is 10.2. The molecule has 0 heterocycles. The third-order valence-corrected chi connectivity index (χ3v) is 2.77. The fourth-order valence-corrected chi connectivity index (χ4v) is 1.64.